The van der Waals surface area contributed by atoms with Crippen LogP contribution in [0.3, 0.4) is 0 Å². The molecule has 0 saturated heterocycles. The van der Waals surface area contributed by atoms with E-state index in [0.29, 0.717) is 0 Å². The Morgan fingerprint density at radius 1 is 0.906 bits per heavy atom. The van der Waals surface area contributed by atoms with Gasteiger partial charge in [-0.25, -0.2) is 0 Å². The van der Waals surface area contributed by atoms with Gasteiger partial charge in [-0.1, -0.05) is 42.1 Å². The van der Waals surface area contributed by atoms with Crippen LogP contribution in [0, 0.1) is 0 Å². The molecule has 1 aliphatic rings. The Hall–Kier alpha value is -3.24. The van der Waals surface area contributed by atoms with E-state index in [4.69, 9.17) is 12.2 Å². The summed E-state index contributed by atoms with van der Waals surface area (Å²) in [7, 11) is 0. The molecule has 0 fully saturated rings. The summed E-state index contributed by atoms with van der Waals surface area (Å²) >= 11 is 6.72. The number of para-hydroxylation sites is 2. The van der Waals surface area contributed by atoms with Crippen LogP contribution in [0.1, 0.15) is 5.56 Å². The van der Waals surface area contributed by atoms with E-state index >= 15 is 0 Å². The van der Waals surface area contributed by atoms with E-state index in [1.807, 2.05) is 53.4 Å². The number of rotatable bonds is 3. The van der Waals surface area contributed by atoms with Gasteiger partial charge in [0.25, 0.3) is 5.91 Å². The van der Waals surface area contributed by atoms with Gasteiger partial charge in [-0.2, -0.15) is 13.2 Å². The minimum atomic E-state index is -4.46. The Balaban J connectivity index is 1.39. The van der Waals surface area contributed by atoms with Crippen molar-refractivity contribution in [3.05, 3.63) is 78.4 Å². The Bertz CT molecular complexity index is 1120. The van der Waals surface area contributed by atoms with Crippen molar-refractivity contribution in [2.45, 2.75) is 16.0 Å². The zero-order valence-electron chi connectivity index (χ0n) is 16.4. The number of nitrogens with zero attached hydrogens (tertiary/aromatic N) is 1. The molecule has 3 aromatic rings. The van der Waals surface area contributed by atoms with Gasteiger partial charge in [0.15, 0.2) is 5.11 Å². The number of benzene rings is 3. The van der Waals surface area contributed by atoms with Crippen molar-refractivity contribution in [3.63, 3.8) is 0 Å². The second-order valence-electron chi connectivity index (χ2n) is 6.83. The van der Waals surface area contributed by atoms with Crippen LogP contribution in [0.4, 0.5) is 30.2 Å². The molecule has 0 spiro atoms. The summed E-state index contributed by atoms with van der Waals surface area (Å²) in [6.45, 7) is 0.0216. The molecule has 5 nitrogen and oxygen atoms in total. The molecule has 0 aliphatic carbocycles. The lowest BCUT2D eigenvalue weighted by Gasteiger charge is -2.32. The highest BCUT2D eigenvalue weighted by Crippen LogP contribution is 2.47. The molecule has 0 bridgehead atoms. The molecule has 3 aromatic carbocycles. The quantitative estimate of drug-likeness (QED) is 0.353. The molecular weight excluding hydrogens is 457 g/mol. The van der Waals surface area contributed by atoms with E-state index in [-0.39, 0.29) is 23.3 Å². The van der Waals surface area contributed by atoms with Gasteiger partial charge in [0.2, 0.25) is 0 Å². The maximum Gasteiger partial charge on any atom is 0.416 e. The predicted molar refractivity (Wildman–Crippen MR) is 123 cm³/mol. The molecule has 0 aromatic heterocycles. The monoisotopic (exact) mass is 474 g/mol. The fraction of sp³-hybridized carbons (Fsp3) is 0.0909. The zero-order valence-corrected chi connectivity index (χ0v) is 18.1. The molecule has 0 saturated carbocycles. The standard InChI is InChI=1S/C22H17F3N4OS2/c23-22(24,25)14-6-5-7-15(12-14)26-21(31)28-27-20(30)13-29-16-8-1-3-10-18(16)32-19-11-4-2-9-17(19)29/h1-12H,13H2,(H,27,30)(H2,26,28,31). The third kappa shape index (κ3) is 4.97. The van der Waals surface area contributed by atoms with Crippen LogP contribution in [0.5, 0.6) is 0 Å². The zero-order chi connectivity index (χ0) is 22.7. The second-order valence-corrected chi connectivity index (χ2v) is 8.32. The van der Waals surface area contributed by atoms with Crippen LogP contribution in [-0.2, 0) is 11.0 Å². The van der Waals surface area contributed by atoms with Crippen LogP contribution in [0.15, 0.2) is 82.6 Å². The van der Waals surface area contributed by atoms with Crippen molar-refractivity contribution >= 4 is 52.1 Å². The van der Waals surface area contributed by atoms with Gasteiger partial charge >= 0.3 is 6.18 Å². The number of carbonyl (C=O) groups excluding carboxylic acids is 1. The summed E-state index contributed by atoms with van der Waals surface area (Å²) < 4.78 is 38.6. The lowest BCUT2D eigenvalue weighted by molar-refractivity contribution is -0.137. The fourth-order valence-electron chi connectivity index (χ4n) is 3.20. The van der Waals surface area contributed by atoms with Gasteiger partial charge in [-0.15, -0.1) is 0 Å². The van der Waals surface area contributed by atoms with E-state index < -0.39 is 11.7 Å². The second kappa shape index (κ2) is 9.09. The van der Waals surface area contributed by atoms with Crippen LogP contribution < -0.4 is 21.1 Å². The van der Waals surface area contributed by atoms with Gasteiger partial charge in [0, 0.05) is 15.5 Å². The molecule has 0 atom stereocenters. The summed E-state index contributed by atoms with van der Waals surface area (Å²) in [5.41, 5.74) is 6.21. The van der Waals surface area contributed by atoms with Crippen molar-refractivity contribution < 1.29 is 18.0 Å². The summed E-state index contributed by atoms with van der Waals surface area (Å²) in [6.07, 6.45) is -4.46. The molecule has 0 unspecified atom stereocenters. The lowest BCUT2D eigenvalue weighted by atomic mass is 10.2. The molecule has 1 aliphatic heterocycles. The highest BCUT2D eigenvalue weighted by atomic mass is 32.2. The molecule has 10 heteroatoms. The molecule has 1 heterocycles. The maximum absolute atomic E-state index is 12.9. The van der Waals surface area contributed by atoms with Gasteiger partial charge < -0.3 is 10.2 Å². The van der Waals surface area contributed by atoms with Crippen molar-refractivity contribution in [1.29, 1.82) is 0 Å². The average molecular weight is 475 g/mol. The Labute approximate surface area is 192 Å². The van der Waals surface area contributed by atoms with Gasteiger partial charge in [-0.3, -0.25) is 15.6 Å². The fourth-order valence-corrected chi connectivity index (χ4v) is 4.46. The molecule has 4 rings (SSSR count). The van der Waals surface area contributed by atoms with Crippen molar-refractivity contribution in [3.8, 4) is 0 Å². The highest BCUT2D eigenvalue weighted by molar-refractivity contribution is 7.99. The van der Waals surface area contributed by atoms with E-state index in [0.717, 1.165) is 33.3 Å². The summed E-state index contributed by atoms with van der Waals surface area (Å²) in [5.74, 6) is -0.366. The van der Waals surface area contributed by atoms with E-state index in [9.17, 15) is 18.0 Å². The molecule has 164 valence electrons. The summed E-state index contributed by atoms with van der Waals surface area (Å²) in [5, 5.41) is 2.60. The largest absolute Gasteiger partial charge is 0.416 e. The lowest BCUT2D eigenvalue weighted by Crippen LogP contribution is -2.47. The van der Waals surface area contributed by atoms with Crippen LogP contribution in [0.25, 0.3) is 0 Å². The number of carbonyl (C=O) groups is 1. The number of nitrogens with one attached hydrogen (secondary N) is 3. The van der Waals surface area contributed by atoms with Crippen LogP contribution in [0.2, 0.25) is 0 Å². The molecule has 32 heavy (non-hydrogen) atoms. The molecular formula is C22H17F3N4OS2. The van der Waals surface area contributed by atoms with Crippen molar-refractivity contribution in [2.75, 3.05) is 16.8 Å². The Kier molecular flexibility index (Phi) is 6.24. The number of hydrogen-bond acceptors (Lipinski definition) is 4. The first-order valence-corrected chi connectivity index (χ1v) is 10.7. The smallest absolute Gasteiger partial charge is 0.331 e. The molecule has 3 N–H and O–H groups in total. The van der Waals surface area contributed by atoms with Crippen molar-refractivity contribution in [1.82, 2.24) is 10.9 Å². The first-order chi connectivity index (χ1) is 15.3. The topological polar surface area (TPSA) is 56.4 Å². The van der Waals surface area contributed by atoms with Crippen LogP contribution >= 0.6 is 24.0 Å². The number of hydrogen-bond donors (Lipinski definition) is 3. The third-order valence-corrected chi connectivity index (χ3v) is 5.93. The molecule has 0 radical (unpaired) electrons. The third-order valence-electron chi connectivity index (χ3n) is 4.60. The SMILES string of the molecule is O=C(CN1c2ccccc2Sc2ccccc21)NNC(=S)Nc1cccc(C(F)(F)F)c1. The number of halogens is 3. The van der Waals surface area contributed by atoms with E-state index in [2.05, 4.69) is 16.2 Å². The minimum absolute atomic E-state index is 0.0216. The van der Waals surface area contributed by atoms with Gasteiger partial charge in [-0.05, 0) is 54.7 Å². The molecule has 1 amide bonds. The average Bonchev–Trinajstić information content (AvgIpc) is 2.77. The van der Waals surface area contributed by atoms with Gasteiger partial charge in [0.05, 0.1) is 16.9 Å². The van der Waals surface area contributed by atoms with Crippen molar-refractivity contribution in [2.24, 2.45) is 0 Å². The first kappa shape index (κ1) is 22.0. The normalized spacial score (nSPS) is 12.4. The Morgan fingerprint density at radius 2 is 1.53 bits per heavy atom. The number of fused-ring (bicyclic) bond motifs is 2. The predicted octanol–water partition coefficient (Wildman–Crippen LogP) is 5.33. The highest BCUT2D eigenvalue weighted by Gasteiger charge is 2.30. The van der Waals surface area contributed by atoms with E-state index in [1.54, 1.807) is 11.8 Å². The van der Waals surface area contributed by atoms with Gasteiger partial charge in [0.1, 0.15) is 6.54 Å². The number of alkyl halides is 3. The maximum atomic E-state index is 12.9. The first-order valence-electron chi connectivity index (χ1n) is 9.48. The number of hydrazine groups is 1. The van der Waals surface area contributed by atoms with E-state index in [1.165, 1.54) is 12.1 Å². The minimum Gasteiger partial charge on any atom is -0.331 e. The number of thiocarbonyl (C=S) groups is 1. The Morgan fingerprint density at radius 3 is 2.16 bits per heavy atom. The number of amides is 1. The van der Waals surface area contributed by atoms with Crippen LogP contribution in [-0.4, -0.2) is 17.6 Å². The summed E-state index contributed by atoms with van der Waals surface area (Å²) in [6, 6.07) is 20.2. The summed E-state index contributed by atoms with van der Waals surface area (Å²) in [4.78, 5) is 16.6. The number of anilines is 3.